The van der Waals surface area contributed by atoms with E-state index in [4.69, 9.17) is 0 Å². The predicted molar refractivity (Wildman–Crippen MR) is 163 cm³/mol. The second-order valence-corrected chi connectivity index (χ2v) is 12.3. The molecule has 0 heterocycles. The summed E-state index contributed by atoms with van der Waals surface area (Å²) in [5.41, 5.74) is 5.42. The smallest absolute Gasteiger partial charge is 0.0620 e. The van der Waals surface area contributed by atoms with E-state index in [1.54, 1.807) is 0 Å². The van der Waals surface area contributed by atoms with Gasteiger partial charge in [-0.2, -0.15) is 0 Å². The van der Waals surface area contributed by atoms with Gasteiger partial charge in [-0.05, 0) is 80.2 Å². The zero-order valence-corrected chi connectivity index (χ0v) is 21.3. The largest absolute Gasteiger partial charge is 0.118 e. The molecule has 0 spiro atoms. The van der Waals surface area contributed by atoms with Crippen molar-refractivity contribution < 1.29 is 0 Å². The summed E-state index contributed by atoms with van der Waals surface area (Å²) in [5.74, 6) is 0. The Morgan fingerprint density at radius 1 is 0.351 bits per heavy atom. The van der Waals surface area contributed by atoms with Crippen molar-refractivity contribution in [2.24, 2.45) is 0 Å². The molecule has 8 rings (SSSR count). The highest BCUT2D eigenvalue weighted by atomic mass is 31.1. The standard InChI is InChI=1S/C36H23P/c1-3-13-25(14-4-1)37(26-15-5-2-6-16-26)36-27-17-8-7-12-24(27)22-32-31-21-11-20-30-28-18-9-10-19-29(28)33(35(30)31)23-34(32)36/h1-23H/p+1. The lowest BCUT2D eigenvalue weighted by atomic mass is 9.94. The van der Waals surface area contributed by atoms with E-state index in [9.17, 15) is 0 Å². The normalized spacial score (nSPS) is 12.0. The highest BCUT2D eigenvalue weighted by Gasteiger charge is 2.31. The minimum atomic E-state index is -1.28. The molecule has 0 radical (unpaired) electrons. The third kappa shape index (κ3) is 3.07. The van der Waals surface area contributed by atoms with Crippen LogP contribution in [0.3, 0.4) is 0 Å². The first-order valence-electron chi connectivity index (χ1n) is 12.9. The lowest BCUT2D eigenvalue weighted by Gasteiger charge is -2.18. The van der Waals surface area contributed by atoms with E-state index >= 15 is 0 Å². The fraction of sp³-hybridized carbons (Fsp3) is 0. The number of rotatable bonds is 3. The van der Waals surface area contributed by atoms with Crippen molar-refractivity contribution in [2.45, 2.75) is 0 Å². The first kappa shape index (κ1) is 20.9. The third-order valence-electron chi connectivity index (χ3n) is 7.88. The zero-order valence-electron chi connectivity index (χ0n) is 20.3. The Bertz CT molecular complexity index is 1930. The van der Waals surface area contributed by atoms with Crippen molar-refractivity contribution >= 4 is 56.2 Å². The van der Waals surface area contributed by atoms with Crippen molar-refractivity contribution in [1.29, 1.82) is 0 Å². The van der Waals surface area contributed by atoms with Crippen LogP contribution in [0.1, 0.15) is 0 Å². The van der Waals surface area contributed by atoms with Crippen molar-refractivity contribution in [3.05, 3.63) is 140 Å². The van der Waals surface area contributed by atoms with Gasteiger partial charge in [0.15, 0.2) is 0 Å². The van der Waals surface area contributed by atoms with Gasteiger partial charge < -0.3 is 0 Å². The van der Waals surface area contributed by atoms with E-state index in [1.807, 2.05) is 0 Å². The second-order valence-electron chi connectivity index (χ2n) is 9.87. The minimum Gasteiger partial charge on any atom is -0.0620 e. The molecule has 7 aromatic rings. The Morgan fingerprint density at radius 2 is 0.919 bits per heavy atom. The Balaban J connectivity index is 1.59. The lowest BCUT2D eigenvalue weighted by Crippen LogP contribution is -2.22. The molecule has 0 bridgehead atoms. The van der Waals surface area contributed by atoms with Crippen LogP contribution in [0.2, 0.25) is 0 Å². The lowest BCUT2D eigenvalue weighted by molar-refractivity contribution is 1.70. The molecule has 0 amide bonds. The van der Waals surface area contributed by atoms with Gasteiger partial charge in [0.25, 0.3) is 0 Å². The van der Waals surface area contributed by atoms with Gasteiger partial charge in [0.2, 0.25) is 0 Å². The molecule has 0 saturated heterocycles. The molecule has 0 atom stereocenters. The Morgan fingerprint density at radius 3 is 1.65 bits per heavy atom. The molecule has 0 N–H and O–H groups in total. The molecule has 37 heavy (non-hydrogen) atoms. The SMILES string of the molecule is c1ccc([PH+](c2ccccc2)c2c3ccccc3cc3c2cc2c4c(cccc43)-c3ccccc3-2)cc1. The fourth-order valence-electron chi connectivity index (χ4n) is 6.34. The van der Waals surface area contributed by atoms with Gasteiger partial charge in [-0.1, -0.05) is 103 Å². The van der Waals surface area contributed by atoms with E-state index in [0.29, 0.717) is 0 Å². The molecule has 0 aliphatic heterocycles. The van der Waals surface area contributed by atoms with Crippen LogP contribution in [0, 0.1) is 0 Å². The summed E-state index contributed by atoms with van der Waals surface area (Å²) < 4.78 is 0. The van der Waals surface area contributed by atoms with Gasteiger partial charge in [0, 0.05) is 10.8 Å². The quantitative estimate of drug-likeness (QED) is 0.134. The monoisotopic (exact) mass is 487 g/mol. The van der Waals surface area contributed by atoms with E-state index in [0.717, 1.165) is 0 Å². The third-order valence-corrected chi connectivity index (χ3v) is 10.7. The predicted octanol–water partition coefficient (Wildman–Crippen LogP) is 8.28. The Labute approximate surface area is 217 Å². The molecule has 0 fully saturated rings. The minimum absolute atomic E-state index is 1.28. The highest BCUT2D eigenvalue weighted by molar-refractivity contribution is 7.80. The zero-order chi connectivity index (χ0) is 24.3. The van der Waals surface area contributed by atoms with Gasteiger partial charge in [-0.15, -0.1) is 0 Å². The van der Waals surface area contributed by atoms with Crippen LogP contribution in [0.5, 0.6) is 0 Å². The van der Waals surface area contributed by atoms with E-state index in [1.165, 1.54) is 70.5 Å². The van der Waals surface area contributed by atoms with Crippen molar-refractivity contribution in [3.8, 4) is 22.3 Å². The first-order chi connectivity index (χ1) is 18.4. The summed E-state index contributed by atoms with van der Waals surface area (Å²) in [6.45, 7) is 0. The molecule has 172 valence electrons. The number of benzene rings is 7. The van der Waals surface area contributed by atoms with Crippen molar-refractivity contribution in [1.82, 2.24) is 0 Å². The van der Waals surface area contributed by atoms with Crippen LogP contribution in [0.4, 0.5) is 0 Å². The highest BCUT2D eigenvalue weighted by Crippen LogP contribution is 2.50. The van der Waals surface area contributed by atoms with Crippen LogP contribution in [0.25, 0.3) is 54.6 Å². The maximum Gasteiger partial charge on any atom is 0.118 e. The summed E-state index contributed by atoms with van der Waals surface area (Å²) in [6.07, 6.45) is 0. The number of hydrogen-bond donors (Lipinski definition) is 0. The summed E-state index contributed by atoms with van der Waals surface area (Å²) in [6, 6.07) is 51.9. The summed E-state index contributed by atoms with van der Waals surface area (Å²) in [5, 5.41) is 12.5. The maximum atomic E-state index is 2.51. The van der Waals surface area contributed by atoms with Crippen molar-refractivity contribution in [2.75, 3.05) is 0 Å². The van der Waals surface area contributed by atoms with Crippen LogP contribution < -0.4 is 15.9 Å². The van der Waals surface area contributed by atoms with Gasteiger partial charge in [-0.25, -0.2) is 0 Å². The van der Waals surface area contributed by atoms with Gasteiger partial charge in [-0.3, -0.25) is 0 Å². The van der Waals surface area contributed by atoms with Crippen LogP contribution in [0.15, 0.2) is 140 Å². The topological polar surface area (TPSA) is 0 Å². The second kappa shape index (κ2) is 8.13. The van der Waals surface area contributed by atoms with Gasteiger partial charge in [0.05, 0.1) is 7.92 Å². The molecule has 7 aromatic carbocycles. The van der Waals surface area contributed by atoms with Crippen molar-refractivity contribution in [3.63, 3.8) is 0 Å². The summed E-state index contributed by atoms with van der Waals surface area (Å²) in [7, 11) is -1.28. The fourth-order valence-corrected chi connectivity index (χ4v) is 9.28. The number of hydrogen-bond acceptors (Lipinski definition) is 0. The van der Waals surface area contributed by atoms with E-state index in [-0.39, 0.29) is 0 Å². The van der Waals surface area contributed by atoms with E-state index < -0.39 is 7.92 Å². The average Bonchev–Trinajstić information content (AvgIpc) is 3.29. The molecule has 1 aliphatic carbocycles. The molecule has 0 saturated carbocycles. The Hall–Kier alpha value is -4.25. The molecule has 1 aliphatic rings. The molecule has 1 heteroatoms. The van der Waals surface area contributed by atoms with Crippen LogP contribution in [-0.2, 0) is 0 Å². The maximum absolute atomic E-state index is 2.51. The van der Waals surface area contributed by atoms with Crippen LogP contribution >= 0.6 is 7.92 Å². The van der Waals surface area contributed by atoms with Gasteiger partial charge in [0.1, 0.15) is 15.9 Å². The van der Waals surface area contributed by atoms with Gasteiger partial charge >= 0.3 is 0 Å². The van der Waals surface area contributed by atoms with E-state index in [2.05, 4.69) is 140 Å². The molecule has 0 nitrogen and oxygen atoms in total. The summed E-state index contributed by atoms with van der Waals surface area (Å²) in [4.78, 5) is 0. The number of fused-ring (bicyclic) bond motifs is 6. The molecule has 0 aromatic heterocycles. The molecular weight excluding hydrogens is 463 g/mol. The average molecular weight is 488 g/mol. The molecular formula is C36H24P+. The summed E-state index contributed by atoms with van der Waals surface area (Å²) >= 11 is 0. The Kier molecular flexibility index (Phi) is 4.59. The molecule has 0 unspecified atom stereocenters. The first-order valence-corrected chi connectivity index (χ1v) is 14.4. The van der Waals surface area contributed by atoms with Crippen LogP contribution in [-0.4, -0.2) is 0 Å².